The molecule has 1 N–H and O–H groups in total. The zero-order valence-electron chi connectivity index (χ0n) is 12.7. The molecule has 7 nitrogen and oxygen atoms in total. The Morgan fingerprint density at radius 1 is 1.30 bits per heavy atom. The molecule has 118 valence electrons. The van der Waals surface area contributed by atoms with E-state index in [4.69, 9.17) is 0 Å². The van der Waals surface area contributed by atoms with Crippen LogP contribution < -0.4 is 10.5 Å². The van der Waals surface area contributed by atoms with E-state index in [9.17, 15) is 14.9 Å². The van der Waals surface area contributed by atoms with Crippen LogP contribution in [0.25, 0.3) is 5.57 Å². The number of rotatable bonds is 3. The molecule has 0 unspecified atom stereocenters. The zero-order chi connectivity index (χ0) is 16.4. The first-order chi connectivity index (χ1) is 11.1. The lowest BCUT2D eigenvalue weighted by Crippen LogP contribution is -2.32. The van der Waals surface area contributed by atoms with E-state index in [-0.39, 0.29) is 5.82 Å². The maximum atomic E-state index is 11.9. The minimum absolute atomic E-state index is 0.139. The second-order valence-corrected chi connectivity index (χ2v) is 5.37. The van der Waals surface area contributed by atoms with Crippen LogP contribution in [0, 0.1) is 17.0 Å². The molecule has 0 saturated carbocycles. The summed E-state index contributed by atoms with van der Waals surface area (Å²) in [5, 5.41) is 11.2. The smallest absolute Gasteiger partial charge is 0.347 e. The van der Waals surface area contributed by atoms with Gasteiger partial charge in [0.2, 0.25) is 5.82 Å². The summed E-state index contributed by atoms with van der Waals surface area (Å²) in [5.74, 6) is 0.507. The van der Waals surface area contributed by atoms with Crippen LogP contribution in [0.2, 0.25) is 0 Å². The summed E-state index contributed by atoms with van der Waals surface area (Å²) in [5.41, 5.74) is 1.14. The largest absolute Gasteiger partial charge is 0.375 e. The molecule has 0 bridgehead atoms. The predicted octanol–water partition coefficient (Wildman–Crippen LogP) is 2.28. The summed E-state index contributed by atoms with van der Waals surface area (Å²) in [6.45, 7) is 2.68. The summed E-state index contributed by atoms with van der Waals surface area (Å²) in [7, 11) is 0. The summed E-state index contributed by atoms with van der Waals surface area (Å²) < 4.78 is 0. The van der Waals surface area contributed by atoms with Crippen molar-refractivity contribution in [3.63, 3.8) is 0 Å². The molecule has 0 saturated heterocycles. The van der Waals surface area contributed by atoms with Crippen LogP contribution in [0.4, 0.5) is 11.5 Å². The van der Waals surface area contributed by atoms with Crippen LogP contribution in [0.1, 0.15) is 17.8 Å². The highest BCUT2D eigenvalue weighted by Gasteiger charge is 2.27. The zero-order valence-corrected chi connectivity index (χ0v) is 12.7. The number of nitrogens with zero attached hydrogens (tertiary/aromatic N) is 3. The first-order valence-electron chi connectivity index (χ1n) is 7.31. The van der Waals surface area contributed by atoms with Crippen molar-refractivity contribution >= 4 is 17.1 Å². The Morgan fingerprint density at radius 2 is 2.04 bits per heavy atom. The first kappa shape index (κ1) is 15.0. The molecule has 0 spiro atoms. The Kier molecular flexibility index (Phi) is 3.92. The SMILES string of the molecule is Cc1nc(N2CC=C(c3ccccc3)CC2)c([N+](=O)[O-])c(=O)[nH]1. The fraction of sp³-hybridized carbons (Fsp3) is 0.250. The van der Waals surface area contributed by atoms with Gasteiger partial charge in [-0.05, 0) is 24.5 Å². The van der Waals surface area contributed by atoms with E-state index in [1.165, 1.54) is 5.57 Å². The quantitative estimate of drug-likeness (QED) is 0.693. The number of H-pyrrole nitrogens is 1. The highest BCUT2D eigenvalue weighted by Crippen LogP contribution is 2.28. The molecular formula is C16H16N4O3. The molecule has 0 aliphatic carbocycles. The lowest BCUT2D eigenvalue weighted by atomic mass is 9.99. The summed E-state index contributed by atoms with van der Waals surface area (Å²) in [6, 6.07) is 10.0. The number of anilines is 1. The van der Waals surface area contributed by atoms with Gasteiger partial charge in [-0.15, -0.1) is 0 Å². The van der Waals surface area contributed by atoms with Crippen molar-refractivity contribution in [1.29, 1.82) is 0 Å². The lowest BCUT2D eigenvalue weighted by Gasteiger charge is -2.27. The second-order valence-electron chi connectivity index (χ2n) is 5.37. The van der Waals surface area contributed by atoms with E-state index in [1.807, 2.05) is 36.4 Å². The monoisotopic (exact) mass is 312 g/mol. The number of hydrogen-bond acceptors (Lipinski definition) is 5. The topological polar surface area (TPSA) is 92.1 Å². The van der Waals surface area contributed by atoms with Gasteiger partial charge in [0, 0.05) is 13.1 Å². The fourth-order valence-electron chi connectivity index (χ4n) is 2.73. The first-order valence-corrected chi connectivity index (χ1v) is 7.31. The highest BCUT2D eigenvalue weighted by molar-refractivity contribution is 5.69. The van der Waals surface area contributed by atoms with Crippen molar-refractivity contribution in [2.45, 2.75) is 13.3 Å². The van der Waals surface area contributed by atoms with Crippen molar-refractivity contribution in [2.75, 3.05) is 18.0 Å². The number of aryl methyl sites for hydroxylation is 1. The van der Waals surface area contributed by atoms with Gasteiger partial charge in [-0.1, -0.05) is 36.4 Å². The minimum atomic E-state index is -0.713. The number of nitrogens with one attached hydrogen (secondary N) is 1. The van der Waals surface area contributed by atoms with Crippen molar-refractivity contribution in [1.82, 2.24) is 9.97 Å². The molecule has 0 fully saturated rings. The Hall–Kier alpha value is -2.96. The van der Waals surface area contributed by atoms with E-state index in [2.05, 4.69) is 9.97 Å². The number of nitro groups is 1. The van der Waals surface area contributed by atoms with Crippen molar-refractivity contribution < 1.29 is 4.92 Å². The number of benzene rings is 1. The molecule has 23 heavy (non-hydrogen) atoms. The van der Waals surface area contributed by atoms with Crippen LogP contribution in [0.15, 0.2) is 41.2 Å². The third kappa shape index (κ3) is 2.98. The van der Waals surface area contributed by atoms with Crippen molar-refractivity contribution in [3.8, 4) is 0 Å². The van der Waals surface area contributed by atoms with Gasteiger partial charge in [-0.2, -0.15) is 0 Å². The van der Waals surface area contributed by atoms with Crippen LogP contribution in [0.3, 0.4) is 0 Å². The van der Waals surface area contributed by atoms with Crippen molar-refractivity contribution in [2.24, 2.45) is 0 Å². The molecule has 0 atom stereocenters. The van der Waals surface area contributed by atoms with E-state index in [0.29, 0.717) is 18.9 Å². The third-order valence-corrected chi connectivity index (χ3v) is 3.83. The Bertz CT molecular complexity index is 827. The van der Waals surface area contributed by atoms with Gasteiger partial charge in [0.1, 0.15) is 5.82 Å². The Labute approximate surface area is 132 Å². The molecule has 1 aromatic heterocycles. The van der Waals surface area contributed by atoms with Crippen LogP contribution in [-0.2, 0) is 0 Å². The van der Waals surface area contributed by atoms with Gasteiger partial charge in [0.25, 0.3) is 0 Å². The maximum absolute atomic E-state index is 11.9. The Morgan fingerprint density at radius 3 is 2.65 bits per heavy atom. The number of aromatic amines is 1. The molecule has 0 amide bonds. The van der Waals surface area contributed by atoms with Crippen LogP contribution in [-0.4, -0.2) is 28.0 Å². The average Bonchev–Trinajstić information content (AvgIpc) is 2.54. The molecule has 3 rings (SSSR count). The van der Waals surface area contributed by atoms with Gasteiger partial charge in [-0.3, -0.25) is 14.9 Å². The molecule has 2 aromatic rings. The van der Waals surface area contributed by atoms with E-state index in [1.54, 1.807) is 11.8 Å². The summed E-state index contributed by atoms with van der Waals surface area (Å²) in [6.07, 6.45) is 2.77. The normalized spacial score (nSPS) is 14.5. The van der Waals surface area contributed by atoms with Gasteiger partial charge in [0.05, 0.1) is 4.92 Å². The van der Waals surface area contributed by atoms with Gasteiger partial charge >= 0.3 is 11.2 Å². The summed E-state index contributed by atoms with van der Waals surface area (Å²) in [4.78, 5) is 30.7. The standard InChI is InChI=1S/C16H16N4O3/c1-11-17-15(14(20(22)23)16(21)18-11)19-9-7-13(8-10-19)12-5-3-2-4-6-12/h2-7H,8-10H2,1H3,(H,17,18,21). The van der Waals surface area contributed by atoms with Gasteiger partial charge in [0.15, 0.2) is 0 Å². The lowest BCUT2D eigenvalue weighted by molar-refractivity contribution is -0.385. The molecule has 2 heterocycles. The number of hydrogen-bond donors (Lipinski definition) is 1. The summed E-state index contributed by atoms with van der Waals surface area (Å²) >= 11 is 0. The second kappa shape index (κ2) is 6.04. The molecule has 7 heteroatoms. The molecular weight excluding hydrogens is 296 g/mol. The van der Waals surface area contributed by atoms with Crippen LogP contribution in [0.5, 0.6) is 0 Å². The Balaban J connectivity index is 1.93. The minimum Gasteiger partial charge on any atom is -0.347 e. The molecule has 1 aromatic carbocycles. The third-order valence-electron chi connectivity index (χ3n) is 3.83. The van der Waals surface area contributed by atoms with E-state index >= 15 is 0 Å². The maximum Gasteiger partial charge on any atom is 0.375 e. The predicted molar refractivity (Wildman–Crippen MR) is 87.5 cm³/mol. The fourth-order valence-corrected chi connectivity index (χ4v) is 2.73. The van der Waals surface area contributed by atoms with Gasteiger partial charge in [-0.25, -0.2) is 4.98 Å². The van der Waals surface area contributed by atoms with E-state index in [0.717, 1.165) is 12.0 Å². The van der Waals surface area contributed by atoms with Crippen LogP contribution >= 0.6 is 0 Å². The highest BCUT2D eigenvalue weighted by atomic mass is 16.6. The molecule has 1 aliphatic rings. The van der Waals surface area contributed by atoms with Gasteiger partial charge < -0.3 is 9.88 Å². The van der Waals surface area contributed by atoms with E-state index < -0.39 is 16.2 Å². The molecule has 1 aliphatic heterocycles. The molecule has 0 radical (unpaired) electrons. The number of aromatic nitrogens is 2. The van der Waals surface area contributed by atoms with Crippen molar-refractivity contribution in [3.05, 3.63) is 68.3 Å². The average molecular weight is 312 g/mol.